The van der Waals surface area contributed by atoms with Gasteiger partial charge in [0.15, 0.2) is 17.5 Å². The fourth-order valence-corrected chi connectivity index (χ4v) is 10.2. The Bertz CT molecular complexity index is 3240. The van der Waals surface area contributed by atoms with Crippen molar-refractivity contribution >= 4 is 21.9 Å². The molecule has 0 saturated heterocycles. The lowest BCUT2D eigenvalue weighted by Gasteiger charge is -2.46. The zero-order valence-corrected chi connectivity index (χ0v) is 32.6. The van der Waals surface area contributed by atoms with Gasteiger partial charge in [-0.2, -0.15) is 0 Å². The number of nitrogens with zero attached hydrogens (tertiary/aromatic N) is 3. The maximum atomic E-state index is 7.32. The predicted molar refractivity (Wildman–Crippen MR) is 238 cm³/mol. The van der Waals surface area contributed by atoms with Crippen LogP contribution in [0.3, 0.4) is 0 Å². The number of aromatic nitrogens is 3. The molecule has 4 heteroatoms. The van der Waals surface area contributed by atoms with E-state index in [4.69, 9.17) is 19.4 Å². The first kappa shape index (κ1) is 33.7. The molecule has 0 bridgehead atoms. The summed E-state index contributed by atoms with van der Waals surface area (Å²) in [5.41, 5.74) is 16.1. The number of hydrogen-bond donors (Lipinski definition) is 0. The molecule has 2 heterocycles. The van der Waals surface area contributed by atoms with Gasteiger partial charge in [-0.1, -0.05) is 196 Å². The molecule has 0 radical (unpaired) electrons. The summed E-state index contributed by atoms with van der Waals surface area (Å²) in [5, 5.41) is 2.11. The summed E-state index contributed by atoms with van der Waals surface area (Å²) in [7, 11) is 0. The van der Waals surface area contributed by atoms with Gasteiger partial charge in [-0.25, -0.2) is 15.0 Å². The molecule has 0 unspecified atom stereocenters. The third-order valence-corrected chi connectivity index (χ3v) is 12.8. The number of rotatable bonds is 4. The van der Waals surface area contributed by atoms with Crippen LogP contribution in [-0.2, 0) is 10.8 Å². The molecule has 8 aromatic carbocycles. The maximum absolute atomic E-state index is 7.32. The number of fused-ring (bicyclic) bond motifs is 13. The molecule has 0 fully saturated rings. The van der Waals surface area contributed by atoms with Crippen molar-refractivity contribution in [2.24, 2.45) is 0 Å². The van der Waals surface area contributed by atoms with Crippen LogP contribution in [0.25, 0.3) is 78.4 Å². The molecule has 1 spiro atoms. The molecule has 2 aliphatic rings. The molecular weight excluding hydrogens is 719 g/mol. The van der Waals surface area contributed by atoms with Crippen LogP contribution < -0.4 is 0 Å². The normalized spacial score (nSPS) is 14.2. The van der Waals surface area contributed by atoms with E-state index in [0.717, 1.165) is 49.8 Å². The highest BCUT2D eigenvalue weighted by atomic mass is 16.3. The molecule has 0 aliphatic heterocycles. The van der Waals surface area contributed by atoms with Crippen molar-refractivity contribution in [3.05, 3.63) is 221 Å². The smallest absolute Gasteiger partial charge is 0.167 e. The van der Waals surface area contributed by atoms with Crippen LogP contribution in [-0.4, -0.2) is 15.0 Å². The largest absolute Gasteiger partial charge is 0.455 e. The summed E-state index contributed by atoms with van der Waals surface area (Å²) < 4.78 is 7.32. The first-order chi connectivity index (χ1) is 29.0. The molecular formula is C55H37N3O. The summed E-state index contributed by atoms with van der Waals surface area (Å²) in [6, 6.07) is 67.0. The highest BCUT2D eigenvalue weighted by Gasteiger charge is 2.54. The third kappa shape index (κ3) is 4.74. The van der Waals surface area contributed by atoms with Gasteiger partial charge in [0, 0.05) is 32.9 Å². The zero-order chi connectivity index (χ0) is 39.3. The quantitative estimate of drug-likeness (QED) is 0.179. The Hall–Kier alpha value is -7.43. The molecule has 278 valence electrons. The first-order valence-corrected chi connectivity index (χ1v) is 20.3. The van der Waals surface area contributed by atoms with Crippen LogP contribution in [0.2, 0.25) is 0 Å². The predicted octanol–water partition coefficient (Wildman–Crippen LogP) is 13.4. The summed E-state index contributed by atoms with van der Waals surface area (Å²) in [5.74, 6) is 1.79. The molecule has 2 aliphatic carbocycles. The van der Waals surface area contributed by atoms with Crippen LogP contribution in [0.1, 0.15) is 47.2 Å². The second kappa shape index (κ2) is 12.5. The molecule has 0 N–H and O–H groups in total. The molecule has 0 saturated carbocycles. The first-order valence-electron chi connectivity index (χ1n) is 20.3. The van der Waals surface area contributed by atoms with Crippen molar-refractivity contribution in [3.8, 4) is 56.4 Å². The van der Waals surface area contributed by atoms with Crippen LogP contribution in [0.15, 0.2) is 192 Å². The number of hydrogen-bond acceptors (Lipinski definition) is 4. The summed E-state index contributed by atoms with van der Waals surface area (Å²) in [4.78, 5) is 15.4. The summed E-state index contributed by atoms with van der Waals surface area (Å²) >= 11 is 0. The van der Waals surface area contributed by atoms with Crippen LogP contribution >= 0.6 is 0 Å². The molecule has 2 aromatic heterocycles. The van der Waals surface area contributed by atoms with Crippen molar-refractivity contribution in [3.63, 3.8) is 0 Å². The Balaban J connectivity index is 1.10. The van der Waals surface area contributed by atoms with Crippen LogP contribution in [0.5, 0.6) is 0 Å². The third-order valence-electron chi connectivity index (χ3n) is 12.8. The van der Waals surface area contributed by atoms with Crippen molar-refractivity contribution in [1.29, 1.82) is 0 Å². The highest BCUT2D eigenvalue weighted by molar-refractivity contribution is 6.11. The zero-order valence-electron chi connectivity index (χ0n) is 32.6. The number of benzene rings is 8. The standard InChI is InChI=1S/C55H37N3O/c1-54(2)45-26-13-14-27-46(45)55(43-24-11-9-20-38(43)39-21-10-12-25-44(39)55)47-33-32-41-40-22-15-23-42(49(40)59-50(41)48(47)54)53-57-51(36-18-7-4-8-19-36)56-52(58-53)37-30-28-35(29-31-37)34-16-5-3-6-17-34/h3-33H,1-2H3. The van der Waals surface area contributed by atoms with Gasteiger partial charge in [0.25, 0.3) is 0 Å². The van der Waals surface area contributed by atoms with E-state index in [1.165, 1.54) is 44.5 Å². The van der Waals surface area contributed by atoms with E-state index in [9.17, 15) is 0 Å². The Labute approximate surface area is 342 Å². The molecule has 0 amide bonds. The minimum atomic E-state index is -0.506. The lowest BCUT2D eigenvalue weighted by atomic mass is 9.55. The van der Waals surface area contributed by atoms with E-state index in [0.29, 0.717) is 17.5 Å². The molecule has 4 nitrogen and oxygen atoms in total. The minimum Gasteiger partial charge on any atom is -0.455 e. The van der Waals surface area contributed by atoms with E-state index in [1.54, 1.807) is 0 Å². The van der Waals surface area contributed by atoms with Crippen molar-refractivity contribution in [2.45, 2.75) is 24.7 Å². The molecule has 12 rings (SSSR count). The SMILES string of the molecule is CC1(C)c2ccccc2C2(c3ccccc3-c3ccccc32)c2ccc3c(oc4c(-c5nc(-c6ccccc6)nc(-c6ccc(-c7ccccc7)cc6)n5)cccc43)c21. The van der Waals surface area contributed by atoms with Crippen molar-refractivity contribution in [1.82, 2.24) is 15.0 Å². The molecule has 59 heavy (non-hydrogen) atoms. The van der Waals surface area contributed by atoms with Gasteiger partial charge < -0.3 is 4.42 Å². The van der Waals surface area contributed by atoms with Gasteiger partial charge in [-0.15, -0.1) is 0 Å². The van der Waals surface area contributed by atoms with Gasteiger partial charge in [0.05, 0.1) is 11.0 Å². The van der Waals surface area contributed by atoms with E-state index in [1.807, 2.05) is 36.4 Å². The monoisotopic (exact) mass is 755 g/mol. The summed E-state index contributed by atoms with van der Waals surface area (Å²) in [6.45, 7) is 4.70. The Kier molecular flexibility index (Phi) is 7.16. The fourth-order valence-electron chi connectivity index (χ4n) is 10.2. The highest BCUT2D eigenvalue weighted by Crippen LogP contribution is 2.63. The van der Waals surface area contributed by atoms with Crippen LogP contribution in [0.4, 0.5) is 0 Å². The van der Waals surface area contributed by atoms with E-state index in [2.05, 4.69) is 166 Å². The molecule has 10 aromatic rings. The van der Waals surface area contributed by atoms with E-state index >= 15 is 0 Å². The van der Waals surface area contributed by atoms with E-state index < -0.39 is 5.41 Å². The lowest BCUT2D eigenvalue weighted by Crippen LogP contribution is -2.40. The van der Waals surface area contributed by atoms with Gasteiger partial charge in [0.1, 0.15) is 11.2 Å². The Morgan fingerprint density at radius 2 is 0.814 bits per heavy atom. The van der Waals surface area contributed by atoms with Gasteiger partial charge in [0.2, 0.25) is 0 Å². The average Bonchev–Trinajstić information content (AvgIpc) is 3.83. The second-order valence-corrected chi connectivity index (χ2v) is 16.3. The molecule has 0 atom stereocenters. The van der Waals surface area contributed by atoms with Crippen molar-refractivity contribution < 1.29 is 4.42 Å². The van der Waals surface area contributed by atoms with Gasteiger partial charge >= 0.3 is 0 Å². The topological polar surface area (TPSA) is 51.8 Å². The Morgan fingerprint density at radius 1 is 0.339 bits per heavy atom. The number of para-hydroxylation sites is 1. The summed E-state index contributed by atoms with van der Waals surface area (Å²) in [6.07, 6.45) is 0. The fraction of sp³-hybridized carbons (Fsp3) is 0.0727. The van der Waals surface area contributed by atoms with E-state index in [-0.39, 0.29) is 5.41 Å². The lowest BCUT2D eigenvalue weighted by molar-refractivity contribution is 0.551. The average molecular weight is 756 g/mol. The van der Waals surface area contributed by atoms with Gasteiger partial charge in [-0.05, 0) is 56.1 Å². The van der Waals surface area contributed by atoms with Gasteiger partial charge in [-0.3, -0.25) is 0 Å². The number of furan rings is 1. The maximum Gasteiger partial charge on any atom is 0.167 e. The van der Waals surface area contributed by atoms with Crippen LogP contribution in [0, 0.1) is 0 Å². The Morgan fingerprint density at radius 3 is 1.47 bits per heavy atom. The minimum absolute atomic E-state index is 0.371. The second-order valence-electron chi connectivity index (χ2n) is 16.3. The van der Waals surface area contributed by atoms with Crippen molar-refractivity contribution in [2.75, 3.05) is 0 Å².